The summed E-state index contributed by atoms with van der Waals surface area (Å²) in [6, 6.07) is 9.93. The van der Waals surface area contributed by atoms with E-state index < -0.39 is 5.97 Å². The Bertz CT molecular complexity index is 347. The fraction of sp³-hybridized carbons (Fsp3) is 0.417. The van der Waals surface area contributed by atoms with Gasteiger partial charge in [0.25, 0.3) is 0 Å². The molecule has 1 N–H and O–H groups in total. The topological polar surface area (TPSA) is 46.5 Å². The van der Waals surface area contributed by atoms with Crippen molar-refractivity contribution < 1.29 is 14.6 Å². The molecule has 0 saturated heterocycles. The van der Waals surface area contributed by atoms with Gasteiger partial charge in [0.15, 0.2) is 0 Å². The van der Waals surface area contributed by atoms with Gasteiger partial charge in [-0.1, -0.05) is 30.3 Å². The van der Waals surface area contributed by atoms with Crippen LogP contribution in [0.15, 0.2) is 30.3 Å². The fourth-order valence-corrected chi connectivity index (χ4v) is 2.12. The number of carbonyl (C=O) groups is 1. The molecular weight excluding hydrogens is 192 g/mol. The zero-order chi connectivity index (χ0) is 10.8. The Kier molecular flexibility index (Phi) is 2.73. The molecule has 1 saturated carbocycles. The van der Waals surface area contributed by atoms with Gasteiger partial charge in [-0.05, 0) is 12.0 Å². The van der Waals surface area contributed by atoms with Crippen molar-refractivity contribution in [2.24, 2.45) is 11.8 Å². The van der Waals surface area contributed by atoms with Crippen molar-refractivity contribution in [1.29, 1.82) is 0 Å². The van der Waals surface area contributed by atoms with E-state index in [1.54, 1.807) is 7.11 Å². The minimum absolute atomic E-state index is 0.109. The number of benzene rings is 1. The molecule has 2 rings (SSSR count). The van der Waals surface area contributed by atoms with Crippen LogP contribution in [0.1, 0.15) is 5.56 Å². The van der Waals surface area contributed by atoms with Crippen LogP contribution in [-0.4, -0.2) is 24.3 Å². The zero-order valence-corrected chi connectivity index (χ0v) is 8.59. The number of hydrogen-bond acceptors (Lipinski definition) is 2. The van der Waals surface area contributed by atoms with Gasteiger partial charge in [-0.3, -0.25) is 4.79 Å². The van der Waals surface area contributed by atoms with Crippen molar-refractivity contribution in [2.75, 3.05) is 7.11 Å². The monoisotopic (exact) mass is 206 g/mol. The Morgan fingerprint density at radius 3 is 2.53 bits per heavy atom. The molecule has 0 spiro atoms. The molecule has 0 amide bonds. The molecule has 0 heterocycles. The maximum Gasteiger partial charge on any atom is 0.309 e. The predicted octanol–water partition coefficient (Wildman–Crippen LogP) is 1.57. The number of carboxylic acid groups (broad SMARTS) is 1. The van der Waals surface area contributed by atoms with Gasteiger partial charge in [0.1, 0.15) is 0 Å². The molecule has 15 heavy (non-hydrogen) atoms. The average Bonchev–Trinajstić information content (AvgIpc) is 2.93. The van der Waals surface area contributed by atoms with E-state index in [2.05, 4.69) is 0 Å². The molecule has 0 aliphatic heterocycles. The third-order valence-electron chi connectivity index (χ3n) is 2.97. The highest BCUT2D eigenvalue weighted by atomic mass is 16.5. The fourth-order valence-electron chi connectivity index (χ4n) is 2.12. The number of hydrogen-bond donors (Lipinski definition) is 1. The summed E-state index contributed by atoms with van der Waals surface area (Å²) in [7, 11) is 1.58. The summed E-state index contributed by atoms with van der Waals surface area (Å²) in [4.78, 5) is 10.9. The molecule has 0 aromatic heterocycles. The highest BCUT2D eigenvalue weighted by molar-refractivity contribution is 5.75. The number of ether oxygens (including phenoxy) is 1. The lowest BCUT2D eigenvalue weighted by atomic mass is 10.1. The van der Waals surface area contributed by atoms with Crippen molar-refractivity contribution >= 4 is 5.97 Å². The van der Waals surface area contributed by atoms with E-state index >= 15 is 0 Å². The average molecular weight is 206 g/mol. The Hall–Kier alpha value is -1.35. The van der Waals surface area contributed by atoms with Crippen LogP contribution in [0, 0.1) is 11.8 Å². The predicted molar refractivity (Wildman–Crippen MR) is 55.6 cm³/mol. The molecular formula is C12H14O3. The van der Waals surface area contributed by atoms with Crippen molar-refractivity contribution in [3.8, 4) is 0 Å². The molecule has 1 aromatic rings. The van der Waals surface area contributed by atoms with E-state index in [0.717, 1.165) is 6.42 Å². The van der Waals surface area contributed by atoms with Crippen LogP contribution in [0.2, 0.25) is 0 Å². The van der Waals surface area contributed by atoms with E-state index in [1.807, 2.05) is 30.3 Å². The SMILES string of the molecule is COC1C(Cc2ccccc2)C1C(=O)O. The lowest BCUT2D eigenvalue weighted by Gasteiger charge is -1.98. The minimum atomic E-state index is -0.747. The Balaban J connectivity index is 2.00. The van der Waals surface area contributed by atoms with Crippen LogP contribution in [0.25, 0.3) is 0 Å². The lowest BCUT2D eigenvalue weighted by molar-refractivity contribution is -0.139. The van der Waals surface area contributed by atoms with Crippen molar-refractivity contribution in [3.63, 3.8) is 0 Å². The maximum absolute atomic E-state index is 10.9. The third-order valence-corrected chi connectivity index (χ3v) is 2.97. The molecule has 1 fully saturated rings. The summed E-state index contributed by atoms with van der Waals surface area (Å²) in [6.45, 7) is 0. The molecule has 3 unspecified atom stereocenters. The Morgan fingerprint density at radius 1 is 1.40 bits per heavy atom. The second-order valence-corrected chi connectivity index (χ2v) is 3.92. The van der Waals surface area contributed by atoms with E-state index in [4.69, 9.17) is 9.84 Å². The first-order valence-corrected chi connectivity index (χ1v) is 5.03. The number of methoxy groups -OCH3 is 1. The van der Waals surface area contributed by atoms with Crippen LogP contribution in [0.3, 0.4) is 0 Å². The van der Waals surface area contributed by atoms with Crippen LogP contribution in [0.4, 0.5) is 0 Å². The number of rotatable bonds is 4. The first-order chi connectivity index (χ1) is 7.24. The number of carboxylic acids is 1. The van der Waals surface area contributed by atoms with Gasteiger partial charge in [0, 0.05) is 13.0 Å². The first-order valence-electron chi connectivity index (χ1n) is 5.03. The molecule has 0 bridgehead atoms. The van der Waals surface area contributed by atoms with E-state index in [-0.39, 0.29) is 17.9 Å². The van der Waals surface area contributed by atoms with Gasteiger partial charge in [-0.2, -0.15) is 0 Å². The second-order valence-electron chi connectivity index (χ2n) is 3.92. The first kappa shape index (κ1) is 10.2. The largest absolute Gasteiger partial charge is 0.481 e. The molecule has 0 radical (unpaired) electrons. The highest BCUT2D eigenvalue weighted by Gasteiger charge is 2.55. The maximum atomic E-state index is 10.9. The molecule has 3 atom stereocenters. The van der Waals surface area contributed by atoms with Crippen molar-refractivity contribution in [1.82, 2.24) is 0 Å². The van der Waals surface area contributed by atoms with Crippen molar-refractivity contribution in [3.05, 3.63) is 35.9 Å². The quantitative estimate of drug-likeness (QED) is 0.813. The third kappa shape index (κ3) is 2.02. The minimum Gasteiger partial charge on any atom is -0.481 e. The van der Waals surface area contributed by atoms with Crippen LogP contribution in [0.5, 0.6) is 0 Å². The standard InChI is InChI=1S/C12H14O3/c1-15-11-9(10(11)12(13)14)7-8-5-3-2-4-6-8/h2-6,9-11H,7H2,1H3,(H,13,14). The van der Waals surface area contributed by atoms with Gasteiger partial charge in [0.05, 0.1) is 12.0 Å². The van der Waals surface area contributed by atoms with Crippen LogP contribution < -0.4 is 0 Å². The van der Waals surface area contributed by atoms with Crippen LogP contribution in [-0.2, 0) is 16.0 Å². The molecule has 3 nitrogen and oxygen atoms in total. The highest BCUT2D eigenvalue weighted by Crippen LogP contribution is 2.43. The van der Waals surface area contributed by atoms with Gasteiger partial charge < -0.3 is 9.84 Å². The van der Waals surface area contributed by atoms with Gasteiger partial charge in [0.2, 0.25) is 0 Å². The summed E-state index contributed by atoms with van der Waals surface area (Å²) in [5.41, 5.74) is 1.17. The summed E-state index contributed by atoms with van der Waals surface area (Å²) >= 11 is 0. The summed E-state index contributed by atoms with van der Waals surface area (Å²) < 4.78 is 5.14. The van der Waals surface area contributed by atoms with Gasteiger partial charge >= 0.3 is 5.97 Å². The zero-order valence-electron chi connectivity index (χ0n) is 8.59. The Morgan fingerprint density at radius 2 is 2.07 bits per heavy atom. The van der Waals surface area contributed by atoms with Gasteiger partial charge in [-0.15, -0.1) is 0 Å². The molecule has 1 aliphatic carbocycles. The second kappa shape index (κ2) is 4.03. The van der Waals surface area contributed by atoms with Crippen molar-refractivity contribution in [2.45, 2.75) is 12.5 Å². The molecule has 1 aromatic carbocycles. The van der Waals surface area contributed by atoms with E-state index in [0.29, 0.717) is 0 Å². The summed E-state index contributed by atoms with van der Waals surface area (Å²) in [5.74, 6) is -0.937. The van der Waals surface area contributed by atoms with E-state index in [1.165, 1.54) is 5.56 Å². The number of aliphatic carboxylic acids is 1. The Labute approximate surface area is 88.7 Å². The summed E-state index contributed by atoms with van der Waals surface area (Å²) in [5, 5.41) is 8.92. The molecule has 1 aliphatic rings. The summed E-state index contributed by atoms with van der Waals surface area (Å²) in [6.07, 6.45) is 0.679. The normalized spacial score (nSPS) is 28.7. The lowest BCUT2D eigenvalue weighted by Crippen LogP contribution is -2.03. The van der Waals surface area contributed by atoms with Gasteiger partial charge in [-0.25, -0.2) is 0 Å². The van der Waals surface area contributed by atoms with E-state index in [9.17, 15) is 4.79 Å². The van der Waals surface area contributed by atoms with Crippen LogP contribution >= 0.6 is 0 Å². The molecule has 80 valence electrons. The smallest absolute Gasteiger partial charge is 0.309 e. The molecule has 3 heteroatoms.